The van der Waals surface area contributed by atoms with Crippen molar-refractivity contribution in [2.45, 2.75) is 13.3 Å². The van der Waals surface area contributed by atoms with E-state index in [-0.39, 0.29) is 17.8 Å². The van der Waals surface area contributed by atoms with Crippen LogP contribution in [0.25, 0.3) is 11.0 Å². The third-order valence-corrected chi connectivity index (χ3v) is 4.80. The maximum atomic E-state index is 12.9. The van der Waals surface area contributed by atoms with Gasteiger partial charge in [-0.15, -0.1) is 0 Å². The molecule has 2 aromatic heterocycles. The van der Waals surface area contributed by atoms with Crippen molar-refractivity contribution in [3.63, 3.8) is 0 Å². The Morgan fingerprint density at radius 2 is 1.93 bits per heavy atom. The topological polar surface area (TPSA) is 104 Å². The summed E-state index contributed by atoms with van der Waals surface area (Å²) in [4.78, 5) is 42.1. The Morgan fingerprint density at radius 1 is 1.18 bits per heavy atom. The molecule has 0 fully saturated rings. The van der Waals surface area contributed by atoms with Crippen molar-refractivity contribution in [3.05, 3.63) is 56.4 Å². The first-order valence-corrected chi connectivity index (χ1v) is 8.71. The van der Waals surface area contributed by atoms with Crippen LogP contribution in [0.1, 0.15) is 22.8 Å². The van der Waals surface area contributed by atoms with E-state index >= 15 is 0 Å². The Bertz CT molecular complexity index is 1240. The smallest absolute Gasteiger partial charge is 0.332 e. The molecule has 28 heavy (non-hydrogen) atoms. The zero-order valence-corrected chi connectivity index (χ0v) is 15.6. The van der Waals surface area contributed by atoms with Crippen LogP contribution in [0.4, 0.5) is 5.69 Å². The van der Waals surface area contributed by atoms with E-state index in [2.05, 4.69) is 10.3 Å². The van der Waals surface area contributed by atoms with Crippen molar-refractivity contribution in [2.75, 3.05) is 12.1 Å². The molecule has 0 bridgehead atoms. The minimum atomic E-state index is -0.512. The molecule has 9 heteroatoms. The first-order valence-electron chi connectivity index (χ1n) is 8.71. The fourth-order valence-electron chi connectivity index (χ4n) is 3.20. The molecule has 0 atom stereocenters. The molecule has 3 aromatic rings. The lowest BCUT2D eigenvalue weighted by Gasteiger charge is -2.15. The molecule has 3 heterocycles. The van der Waals surface area contributed by atoms with Gasteiger partial charge in [-0.3, -0.25) is 18.7 Å². The summed E-state index contributed by atoms with van der Waals surface area (Å²) in [6.45, 7) is 2.00. The number of carbonyl (C=O) groups excluding carboxylic acids is 1. The predicted octanol–water partition coefficient (Wildman–Crippen LogP) is 1.18. The molecule has 0 aliphatic carbocycles. The molecule has 0 spiro atoms. The zero-order valence-electron chi connectivity index (χ0n) is 15.6. The average Bonchev–Trinajstić information content (AvgIpc) is 3.18. The van der Waals surface area contributed by atoms with Gasteiger partial charge in [0.1, 0.15) is 5.39 Å². The summed E-state index contributed by atoms with van der Waals surface area (Å²) in [7, 11) is 2.93. The van der Waals surface area contributed by atoms with Gasteiger partial charge in [-0.1, -0.05) is 6.92 Å². The van der Waals surface area contributed by atoms with Crippen molar-refractivity contribution in [1.29, 1.82) is 0 Å². The minimum absolute atomic E-state index is 0.111. The number of benzene rings is 1. The molecule has 0 saturated heterocycles. The number of fused-ring (bicyclic) bond motifs is 2. The van der Waals surface area contributed by atoms with Gasteiger partial charge in [0.25, 0.3) is 11.5 Å². The monoisotopic (exact) mass is 382 g/mol. The summed E-state index contributed by atoms with van der Waals surface area (Å²) in [5.41, 5.74) is 0.622. The van der Waals surface area contributed by atoms with Gasteiger partial charge in [0, 0.05) is 25.9 Å². The van der Waals surface area contributed by atoms with Gasteiger partial charge in [-0.2, -0.15) is 0 Å². The lowest BCUT2D eigenvalue weighted by atomic mass is 10.1. The summed E-state index contributed by atoms with van der Waals surface area (Å²) < 4.78 is 12.9. The molecular weight excluding hydrogens is 364 g/mol. The van der Waals surface area contributed by atoms with Crippen LogP contribution < -0.4 is 26.0 Å². The highest BCUT2D eigenvalue weighted by molar-refractivity contribution is 6.09. The van der Waals surface area contributed by atoms with E-state index < -0.39 is 17.2 Å². The number of aromatic nitrogens is 3. The molecule has 1 N–H and O–H groups in total. The zero-order chi connectivity index (χ0) is 20.0. The number of anilines is 1. The lowest BCUT2D eigenvalue weighted by molar-refractivity contribution is 0.102. The van der Waals surface area contributed by atoms with Crippen LogP contribution in [-0.4, -0.2) is 26.8 Å². The van der Waals surface area contributed by atoms with Crippen LogP contribution in [0.2, 0.25) is 0 Å². The first kappa shape index (κ1) is 17.8. The molecule has 1 aromatic carbocycles. The molecule has 144 valence electrons. The van der Waals surface area contributed by atoms with Crippen LogP contribution in [0.5, 0.6) is 11.5 Å². The molecule has 1 amide bonds. The molecule has 0 saturated carbocycles. The number of hydrogen-bond acceptors (Lipinski definition) is 6. The van der Waals surface area contributed by atoms with E-state index in [0.717, 1.165) is 4.57 Å². The Labute approximate surface area is 159 Å². The quantitative estimate of drug-likeness (QED) is 0.729. The van der Waals surface area contributed by atoms with Crippen molar-refractivity contribution in [3.8, 4) is 11.5 Å². The van der Waals surface area contributed by atoms with Gasteiger partial charge in [-0.05, 0) is 30.2 Å². The van der Waals surface area contributed by atoms with E-state index in [9.17, 15) is 14.4 Å². The number of aryl methyl sites for hydroxylation is 2. The number of hydrogen-bond donors (Lipinski definition) is 1. The molecule has 0 unspecified atom stereocenters. The standard InChI is InChI=1S/C19H18N4O5/c1-4-10-8-20-16-14(18(25)23(3)19(26)22(16)2)15(10)21-17(24)11-5-6-12-13(7-11)28-9-27-12/h5-8H,4,9H2,1-3H3,(H,20,21,24). The van der Waals surface area contributed by atoms with Gasteiger partial charge in [0.15, 0.2) is 17.1 Å². The second-order valence-electron chi connectivity index (χ2n) is 6.44. The minimum Gasteiger partial charge on any atom is -0.454 e. The van der Waals surface area contributed by atoms with Crippen LogP contribution in [-0.2, 0) is 20.5 Å². The molecular formula is C19H18N4O5. The Morgan fingerprint density at radius 3 is 2.68 bits per heavy atom. The highest BCUT2D eigenvalue weighted by atomic mass is 16.7. The largest absolute Gasteiger partial charge is 0.454 e. The summed E-state index contributed by atoms with van der Waals surface area (Å²) >= 11 is 0. The molecule has 4 rings (SSSR count). The number of rotatable bonds is 3. The maximum Gasteiger partial charge on any atom is 0.332 e. The first-order chi connectivity index (χ1) is 13.4. The number of carbonyl (C=O) groups is 1. The third-order valence-electron chi connectivity index (χ3n) is 4.80. The SMILES string of the molecule is CCc1cnc2c(c1NC(=O)c1ccc3c(c1)OCO3)c(=O)n(C)c(=O)n2C. The Kier molecular flexibility index (Phi) is 4.14. The van der Waals surface area contributed by atoms with Crippen molar-refractivity contribution >= 4 is 22.6 Å². The molecule has 0 radical (unpaired) electrons. The number of ether oxygens (including phenoxy) is 2. The van der Waals surface area contributed by atoms with Crippen LogP contribution in [0.15, 0.2) is 34.0 Å². The number of pyridine rings is 1. The summed E-state index contributed by atoms with van der Waals surface area (Å²) in [5, 5.41) is 3.02. The van der Waals surface area contributed by atoms with E-state index in [1.165, 1.54) is 18.7 Å². The highest BCUT2D eigenvalue weighted by Gasteiger charge is 2.20. The normalized spacial score (nSPS) is 12.4. The Hall–Kier alpha value is -3.62. The fourth-order valence-corrected chi connectivity index (χ4v) is 3.20. The summed E-state index contributed by atoms with van der Waals surface area (Å²) in [5.74, 6) is 0.654. The van der Waals surface area contributed by atoms with Gasteiger partial charge in [-0.25, -0.2) is 9.78 Å². The van der Waals surface area contributed by atoms with Gasteiger partial charge >= 0.3 is 5.69 Å². The molecule has 9 nitrogen and oxygen atoms in total. The average molecular weight is 382 g/mol. The van der Waals surface area contributed by atoms with Crippen molar-refractivity contribution in [1.82, 2.24) is 14.1 Å². The third kappa shape index (κ3) is 2.63. The van der Waals surface area contributed by atoms with Crippen LogP contribution in [0, 0.1) is 0 Å². The second-order valence-corrected chi connectivity index (χ2v) is 6.44. The van der Waals surface area contributed by atoms with Gasteiger partial charge < -0.3 is 14.8 Å². The number of nitrogens with one attached hydrogen (secondary N) is 1. The molecule has 1 aliphatic rings. The number of amides is 1. The summed E-state index contributed by atoms with van der Waals surface area (Å²) in [6, 6.07) is 4.86. The second kappa shape index (κ2) is 6.52. The van der Waals surface area contributed by atoms with Gasteiger partial charge in [0.2, 0.25) is 6.79 Å². The fraction of sp³-hybridized carbons (Fsp3) is 0.263. The van der Waals surface area contributed by atoms with E-state index in [1.807, 2.05) is 6.92 Å². The summed E-state index contributed by atoms with van der Waals surface area (Å²) in [6.07, 6.45) is 2.11. The van der Waals surface area contributed by atoms with E-state index in [0.29, 0.717) is 34.7 Å². The lowest BCUT2D eigenvalue weighted by Crippen LogP contribution is -2.38. The van der Waals surface area contributed by atoms with E-state index in [4.69, 9.17) is 9.47 Å². The van der Waals surface area contributed by atoms with Crippen molar-refractivity contribution in [2.24, 2.45) is 14.1 Å². The Balaban J connectivity index is 1.87. The molecule has 1 aliphatic heterocycles. The van der Waals surface area contributed by atoms with Crippen LogP contribution >= 0.6 is 0 Å². The highest BCUT2D eigenvalue weighted by Crippen LogP contribution is 2.33. The number of nitrogens with zero attached hydrogens (tertiary/aromatic N) is 3. The van der Waals surface area contributed by atoms with Crippen molar-refractivity contribution < 1.29 is 14.3 Å². The predicted molar refractivity (Wildman–Crippen MR) is 102 cm³/mol. The maximum absolute atomic E-state index is 12.9. The van der Waals surface area contributed by atoms with Crippen LogP contribution in [0.3, 0.4) is 0 Å². The van der Waals surface area contributed by atoms with Gasteiger partial charge in [0.05, 0.1) is 5.69 Å². The van der Waals surface area contributed by atoms with E-state index in [1.54, 1.807) is 24.4 Å².